The summed E-state index contributed by atoms with van der Waals surface area (Å²) in [4.78, 5) is 10.9. The second-order valence-corrected chi connectivity index (χ2v) is 20.9. The van der Waals surface area contributed by atoms with Crippen LogP contribution in [0.15, 0.2) is 40.6 Å². The van der Waals surface area contributed by atoms with Crippen LogP contribution in [0.4, 0.5) is 0 Å². The molecule has 3 aromatic rings. The number of rotatable bonds is 12. The predicted octanol–water partition coefficient (Wildman–Crippen LogP) is 6.53. The third kappa shape index (κ3) is 6.73. The van der Waals surface area contributed by atoms with E-state index in [9.17, 15) is 13.2 Å². The van der Waals surface area contributed by atoms with E-state index in [2.05, 4.69) is 0 Å². The Morgan fingerprint density at radius 3 is 2.63 bits per heavy atom. The molecule has 6 nitrogen and oxygen atoms in total. The molecule has 0 bridgehead atoms. The molecule has 35 heavy (non-hydrogen) atoms. The Bertz CT molecular complexity index is 1300. The van der Waals surface area contributed by atoms with E-state index < -0.39 is 27.6 Å². The summed E-state index contributed by atoms with van der Waals surface area (Å²) in [5.74, 6) is 0.265. The number of fused-ring (bicyclic) bond motifs is 1. The first-order chi connectivity index (χ1) is 16.6. The first kappa shape index (κ1) is 27.8. The number of halogens is 1. The topological polar surface area (TPSA) is 89.9 Å². The average Bonchev–Trinajstić information content (AvgIpc) is 3.14. The molecule has 1 heterocycles. The van der Waals surface area contributed by atoms with E-state index in [-0.39, 0.29) is 12.5 Å². The Labute approximate surface area is 219 Å². The zero-order valence-electron chi connectivity index (χ0n) is 20.2. The van der Waals surface area contributed by atoms with Crippen molar-refractivity contribution in [2.75, 3.05) is 7.11 Å². The molecule has 0 spiro atoms. The second kappa shape index (κ2) is 12.0. The fourth-order valence-electron chi connectivity index (χ4n) is 3.90. The summed E-state index contributed by atoms with van der Waals surface area (Å²) in [5, 5.41) is 11.6. The van der Waals surface area contributed by atoms with Crippen molar-refractivity contribution >= 4 is 60.6 Å². The SMILES string of the molecule is CCC[As](CC(C)Oc1ccc(CCC(=O)O)c(OC)c1)S(=O)(=O)c1sc2ccc(Cl)cc2c1C. The number of ether oxygens (including phenoxy) is 2. The van der Waals surface area contributed by atoms with Crippen molar-refractivity contribution in [3.63, 3.8) is 0 Å². The number of methoxy groups -OCH3 is 1. The van der Waals surface area contributed by atoms with Gasteiger partial charge in [0.25, 0.3) is 0 Å². The molecule has 0 saturated carbocycles. The van der Waals surface area contributed by atoms with Crippen LogP contribution in [0.3, 0.4) is 0 Å². The van der Waals surface area contributed by atoms with Gasteiger partial charge in [-0.1, -0.05) is 0 Å². The van der Waals surface area contributed by atoms with E-state index in [1.807, 2.05) is 32.9 Å². The molecule has 0 fully saturated rings. The number of carbonyl (C=O) groups is 1. The summed E-state index contributed by atoms with van der Waals surface area (Å²) in [6.45, 7) is 5.77. The van der Waals surface area contributed by atoms with Gasteiger partial charge >= 0.3 is 220 Å². The van der Waals surface area contributed by atoms with E-state index in [4.69, 9.17) is 26.2 Å². The van der Waals surface area contributed by atoms with Crippen LogP contribution in [0.2, 0.25) is 15.4 Å². The van der Waals surface area contributed by atoms with Crippen molar-refractivity contribution in [2.24, 2.45) is 0 Å². The molecule has 0 saturated heterocycles. The molecule has 190 valence electrons. The van der Waals surface area contributed by atoms with Crippen molar-refractivity contribution in [3.05, 3.63) is 52.5 Å². The van der Waals surface area contributed by atoms with Gasteiger partial charge in [-0.05, 0) is 0 Å². The van der Waals surface area contributed by atoms with Crippen LogP contribution < -0.4 is 9.47 Å². The van der Waals surface area contributed by atoms with Gasteiger partial charge in [0.05, 0.1) is 0 Å². The van der Waals surface area contributed by atoms with Gasteiger partial charge in [-0.3, -0.25) is 0 Å². The van der Waals surface area contributed by atoms with E-state index in [1.165, 1.54) is 18.4 Å². The van der Waals surface area contributed by atoms with Gasteiger partial charge < -0.3 is 0 Å². The number of carboxylic acids is 1. The number of carboxylic acid groups (broad SMARTS) is 1. The molecule has 2 aromatic carbocycles. The zero-order valence-corrected chi connectivity index (χ0v) is 24.5. The number of benzene rings is 2. The Kier molecular flexibility index (Phi) is 9.55. The first-order valence-corrected chi connectivity index (χ1v) is 18.9. The quantitative estimate of drug-likeness (QED) is 0.238. The van der Waals surface area contributed by atoms with Crippen molar-refractivity contribution in [1.82, 2.24) is 0 Å². The van der Waals surface area contributed by atoms with Crippen LogP contribution >= 0.6 is 22.9 Å². The van der Waals surface area contributed by atoms with Crippen molar-refractivity contribution in [2.45, 2.75) is 60.8 Å². The molecule has 2 unspecified atom stereocenters. The van der Waals surface area contributed by atoms with Gasteiger partial charge in [0.2, 0.25) is 0 Å². The van der Waals surface area contributed by atoms with Crippen LogP contribution in [-0.2, 0) is 19.3 Å². The van der Waals surface area contributed by atoms with Crippen LogP contribution in [-0.4, -0.2) is 46.2 Å². The number of aliphatic carboxylic acids is 1. The predicted molar refractivity (Wildman–Crippen MR) is 143 cm³/mol. The number of thiophene rings is 1. The second-order valence-electron chi connectivity index (χ2n) is 8.31. The Morgan fingerprint density at radius 1 is 1.23 bits per heavy atom. The normalized spacial score (nSPS) is 13.5. The van der Waals surface area contributed by atoms with Crippen molar-refractivity contribution < 1.29 is 27.8 Å². The van der Waals surface area contributed by atoms with Crippen molar-refractivity contribution in [1.29, 1.82) is 0 Å². The summed E-state index contributed by atoms with van der Waals surface area (Å²) in [7, 11) is -1.90. The van der Waals surface area contributed by atoms with Gasteiger partial charge in [0.15, 0.2) is 0 Å². The number of aryl methyl sites for hydroxylation is 2. The molecule has 0 aliphatic heterocycles. The minimum atomic E-state index is -3.43. The molecule has 0 aliphatic carbocycles. The molecule has 1 N–H and O–H groups in total. The summed E-state index contributed by atoms with van der Waals surface area (Å²) in [6, 6.07) is 10.8. The standard InChI is InChI=1S/C25H30AsClO6S2/c1-5-12-26(35(30,31)25-17(3)21-13-19(27)8-10-23(21)34-25)15-16(2)33-20-9-6-18(7-11-24(28)29)22(14-20)32-4/h6,8-10,13-14,16H,5,7,11-12,15H2,1-4H3,(H,28,29). The Morgan fingerprint density at radius 2 is 1.97 bits per heavy atom. The van der Waals surface area contributed by atoms with Gasteiger partial charge in [0.1, 0.15) is 0 Å². The van der Waals surface area contributed by atoms with Gasteiger partial charge in [-0.2, -0.15) is 0 Å². The maximum absolute atomic E-state index is 13.8. The van der Waals surface area contributed by atoms with Crippen LogP contribution in [0.5, 0.6) is 11.5 Å². The molecule has 3 rings (SSSR count). The molecule has 10 heteroatoms. The summed E-state index contributed by atoms with van der Waals surface area (Å²) >= 11 is 5.10. The van der Waals surface area contributed by atoms with Crippen LogP contribution in [0, 0.1) is 6.92 Å². The molecule has 1 aromatic heterocycles. The molecule has 0 radical (unpaired) electrons. The number of hydrogen-bond donors (Lipinski definition) is 1. The number of hydrogen-bond acceptors (Lipinski definition) is 6. The first-order valence-electron chi connectivity index (χ1n) is 11.3. The fourth-order valence-corrected chi connectivity index (χ4v) is 19.1. The zero-order chi connectivity index (χ0) is 25.8. The Balaban J connectivity index is 1.80. The fraction of sp³-hybridized carbons (Fsp3) is 0.400. The molecular weight excluding hydrogens is 571 g/mol. The van der Waals surface area contributed by atoms with Gasteiger partial charge in [-0.15, -0.1) is 0 Å². The van der Waals surface area contributed by atoms with Crippen molar-refractivity contribution in [3.8, 4) is 11.5 Å². The summed E-state index contributed by atoms with van der Waals surface area (Å²) in [5.41, 5.74) is 1.56. The van der Waals surface area contributed by atoms with E-state index >= 15 is 0 Å². The van der Waals surface area contributed by atoms with E-state index in [0.29, 0.717) is 37.6 Å². The van der Waals surface area contributed by atoms with Crippen LogP contribution in [0.1, 0.15) is 37.8 Å². The summed E-state index contributed by atoms with van der Waals surface area (Å²) in [6.07, 6.45) is 0.875. The minimum absolute atomic E-state index is 0.0127. The van der Waals surface area contributed by atoms with Crippen LogP contribution in [0.25, 0.3) is 10.1 Å². The van der Waals surface area contributed by atoms with Gasteiger partial charge in [0, 0.05) is 0 Å². The van der Waals surface area contributed by atoms with Gasteiger partial charge in [-0.25, -0.2) is 0 Å². The maximum atomic E-state index is 13.8. The average molecular weight is 601 g/mol. The Hall–Kier alpha value is -1.73. The molecule has 0 aliphatic rings. The monoisotopic (exact) mass is 600 g/mol. The molecular formula is C25H30AsClO6S2. The third-order valence-corrected chi connectivity index (χ3v) is 21.1. The van der Waals surface area contributed by atoms with E-state index in [1.54, 1.807) is 24.3 Å². The molecule has 0 amide bonds. The molecule has 2 atom stereocenters. The van der Waals surface area contributed by atoms with E-state index in [0.717, 1.165) is 27.6 Å². The summed E-state index contributed by atoms with van der Waals surface area (Å²) < 4.78 is 40.5. The third-order valence-electron chi connectivity index (χ3n) is 5.57.